The van der Waals surface area contributed by atoms with Crippen molar-refractivity contribution in [2.24, 2.45) is 14.1 Å². The summed E-state index contributed by atoms with van der Waals surface area (Å²) in [6.07, 6.45) is 0.688. The van der Waals surface area contributed by atoms with E-state index in [1.807, 2.05) is 32.0 Å². The van der Waals surface area contributed by atoms with Gasteiger partial charge in [0.15, 0.2) is 0 Å². The molecule has 1 N–H and O–H groups in total. The van der Waals surface area contributed by atoms with Gasteiger partial charge in [0.05, 0.1) is 21.6 Å². The number of aryl methyl sites for hydroxylation is 4. The number of hydrogen-bond acceptors (Lipinski definition) is 4. The van der Waals surface area contributed by atoms with Crippen LogP contribution in [0.5, 0.6) is 0 Å². The Morgan fingerprint density at radius 2 is 1.59 bits per heavy atom. The van der Waals surface area contributed by atoms with Crippen molar-refractivity contribution >= 4 is 26.7 Å². The smallest absolute Gasteiger partial charge is 0.305 e. The van der Waals surface area contributed by atoms with Crippen LogP contribution in [0.1, 0.15) is 18.1 Å². The Labute approximate surface area is 156 Å². The number of aromatic nitrogens is 2. The molecule has 0 amide bonds. The second kappa shape index (κ2) is 6.70. The first-order valence-corrected chi connectivity index (χ1v) is 9.96. The minimum Gasteiger partial charge on any atom is -0.305 e. The molecule has 0 atom stereocenters. The number of fused-ring (bicyclic) bond motifs is 1. The van der Waals surface area contributed by atoms with E-state index in [2.05, 4.69) is 4.72 Å². The molecule has 0 aliphatic carbocycles. The highest BCUT2D eigenvalue weighted by molar-refractivity contribution is 7.92. The lowest BCUT2D eigenvalue weighted by molar-refractivity contribution is 0.601. The summed E-state index contributed by atoms with van der Waals surface area (Å²) >= 11 is 0. The Kier molecular flexibility index (Phi) is 4.69. The molecule has 1 aromatic heterocycles. The molecule has 3 rings (SSSR count). The zero-order chi connectivity index (χ0) is 19.9. The Balaban J connectivity index is 2.18. The van der Waals surface area contributed by atoms with Gasteiger partial charge in [0, 0.05) is 14.1 Å². The van der Waals surface area contributed by atoms with Crippen molar-refractivity contribution in [2.45, 2.75) is 25.2 Å². The Morgan fingerprint density at radius 3 is 2.22 bits per heavy atom. The summed E-state index contributed by atoms with van der Waals surface area (Å²) in [6, 6.07) is 9.98. The average Bonchev–Trinajstić information content (AvgIpc) is 2.65. The minimum absolute atomic E-state index is 0.0222. The van der Waals surface area contributed by atoms with E-state index in [9.17, 15) is 18.0 Å². The molecule has 0 spiro atoms. The number of hydrogen-bond donors (Lipinski definition) is 1. The highest BCUT2D eigenvalue weighted by Gasteiger charge is 2.19. The van der Waals surface area contributed by atoms with Crippen molar-refractivity contribution in [3.63, 3.8) is 0 Å². The van der Waals surface area contributed by atoms with Crippen LogP contribution in [0, 0.1) is 6.92 Å². The van der Waals surface area contributed by atoms with Crippen LogP contribution in [0.25, 0.3) is 11.0 Å². The van der Waals surface area contributed by atoms with Crippen LogP contribution in [-0.4, -0.2) is 17.6 Å². The first-order chi connectivity index (χ1) is 12.7. The Hall–Kier alpha value is -2.87. The van der Waals surface area contributed by atoms with Crippen molar-refractivity contribution in [1.29, 1.82) is 0 Å². The van der Waals surface area contributed by atoms with Crippen LogP contribution in [0.4, 0.5) is 5.69 Å². The monoisotopic (exact) mass is 387 g/mol. The van der Waals surface area contributed by atoms with Crippen LogP contribution in [-0.2, 0) is 30.5 Å². The van der Waals surface area contributed by atoms with Crippen molar-refractivity contribution in [3.05, 3.63) is 68.2 Å². The first-order valence-electron chi connectivity index (χ1n) is 8.48. The van der Waals surface area contributed by atoms with Gasteiger partial charge < -0.3 is 9.13 Å². The van der Waals surface area contributed by atoms with E-state index in [0.717, 1.165) is 11.1 Å². The Morgan fingerprint density at radius 1 is 0.963 bits per heavy atom. The highest BCUT2D eigenvalue weighted by Crippen LogP contribution is 2.25. The van der Waals surface area contributed by atoms with Gasteiger partial charge in [0.25, 0.3) is 10.0 Å². The molecule has 2 aromatic carbocycles. The molecule has 27 heavy (non-hydrogen) atoms. The topological polar surface area (TPSA) is 90.2 Å². The normalized spacial score (nSPS) is 11.7. The number of anilines is 1. The van der Waals surface area contributed by atoms with Crippen molar-refractivity contribution in [2.75, 3.05) is 4.72 Å². The van der Waals surface area contributed by atoms with E-state index in [-0.39, 0.29) is 4.90 Å². The quantitative estimate of drug-likeness (QED) is 0.693. The zero-order valence-electron chi connectivity index (χ0n) is 15.6. The molecule has 0 saturated heterocycles. The molecule has 0 bridgehead atoms. The fraction of sp³-hybridized carbons (Fsp3) is 0.263. The largest absolute Gasteiger partial charge is 0.316 e. The van der Waals surface area contributed by atoms with Gasteiger partial charge in [-0.25, -0.2) is 8.42 Å². The number of nitrogens with zero attached hydrogens (tertiary/aromatic N) is 2. The van der Waals surface area contributed by atoms with Crippen LogP contribution >= 0.6 is 0 Å². The number of para-hydroxylation sites is 1. The molecule has 0 saturated carbocycles. The maximum atomic E-state index is 12.9. The third-order valence-corrected chi connectivity index (χ3v) is 6.10. The summed E-state index contributed by atoms with van der Waals surface area (Å²) < 4.78 is 30.9. The predicted molar refractivity (Wildman–Crippen MR) is 106 cm³/mol. The highest BCUT2D eigenvalue weighted by atomic mass is 32.2. The van der Waals surface area contributed by atoms with E-state index in [0.29, 0.717) is 23.1 Å². The maximum Gasteiger partial charge on any atom is 0.316 e. The van der Waals surface area contributed by atoms with Crippen molar-refractivity contribution < 1.29 is 8.42 Å². The number of nitrogens with one attached hydrogen (secondary N) is 1. The molecular formula is C19H21N3O4S. The summed E-state index contributed by atoms with van der Waals surface area (Å²) in [4.78, 5) is 24.0. The van der Waals surface area contributed by atoms with Gasteiger partial charge in [-0.1, -0.05) is 25.1 Å². The number of benzene rings is 2. The van der Waals surface area contributed by atoms with Gasteiger partial charge in [0.1, 0.15) is 0 Å². The van der Waals surface area contributed by atoms with Gasteiger partial charge >= 0.3 is 11.1 Å². The summed E-state index contributed by atoms with van der Waals surface area (Å²) in [5, 5.41) is 0. The van der Waals surface area contributed by atoms with Gasteiger partial charge in [-0.15, -0.1) is 0 Å². The summed E-state index contributed by atoms with van der Waals surface area (Å²) in [6.45, 7) is 3.80. The van der Waals surface area contributed by atoms with E-state index < -0.39 is 21.1 Å². The lowest BCUT2D eigenvalue weighted by Crippen LogP contribution is -2.39. The fourth-order valence-corrected chi connectivity index (χ4v) is 4.28. The molecule has 0 fully saturated rings. The van der Waals surface area contributed by atoms with Crippen LogP contribution < -0.4 is 15.8 Å². The number of sulfonamides is 1. The Bertz CT molecular complexity index is 1270. The zero-order valence-corrected chi connectivity index (χ0v) is 16.4. The van der Waals surface area contributed by atoms with Crippen molar-refractivity contribution in [3.8, 4) is 0 Å². The van der Waals surface area contributed by atoms with Crippen molar-refractivity contribution in [1.82, 2.24) is 9.13 Å². The molecule has 0 radical (unpaired) electrons. The molecule has 7 nitrogen and oxygen atoms in total. The first kappa shape index (κ1) is 18.9. The minimum atomic E-state index is -3.87. The van der Waals surface area contributed by atoms with Gasteiger partial charge in [-0.2, -0.15) is 0 Å². The third kappa shape index (κ3) is 3.16. The SMILES string of the molecule is CCc1cccc(C)c1NS(=O)(=O)c1ccc2c(c1)n(C)c(=O)c(=O)n2C. The summed E-state index contributed by atoms with van der Waals surface area (Å²) in [5.74, 6) is 0. The van der Waals surface area contributed by atoms with E-state index in [1.165, 1.54) is 41.4 Å². The standard InChI is InChI=1S/C19H21N3O4S/c1-5-13-8-6-7-12(2)17(13)20-27(25,26)14-9-10-15-16(11-14)22(4)19(24)18(23)21(15)3/h6-11,20H,5H2,1-4H3. The lowest BCUT2D eigenvalue weighted by atomic mass is 10.1. The second-order valence-electron chi connectivity index (χ2n) is 6.45. The molecule has 3 aromatic rings. The molecule has 8 heteroatoms. The summed E-state index contributed by atoms with van der Waals surface area (Å²) in [7, 11) is -0.929. The van der Waals surface area contributed by atoms with E-state index in [4.69, 9.17) is 0 Å². The lowest BCUT2D eigenvalue weighted by Gasteiger charge is -2.15. The average molecular weight is 387 g/mol. The van der Waals surface area contributed by atoms with E-state index >= 15 is 0 Å². The van der Waals surface area contributed by atoms with Gasteiger partial charge in [-0.05, 0) is 42.7 Å². The van der Waals surface area contributed by atoms with Crippen LogP contribution in [0.2, 0.25) is 0 Å². The maximum absolute atomic E-state index is 12.9. The van der Waals surface area contributed by atoms with Crippen LogP contribution in [0.3, 0.4) is 0 Å². The fourth-order valence-electron chi connectivity index (χ4n) is 3.09. The second-order valence-corrected chi connectivity index (χ2v) is 8.13. The molecule has 0 aliphatic rings. The van der Waals surface area contributed by atoms with Gasteiger partial charge in [0.2, 0.25) is 0 Å². The molecule has 142 valence electrons. The molecule has 1 heterocycles. The van der Waals surface area contributed by atoms with E-state index in [1.54, 1.807) is 0 Å². The summed E-state index contributed by atoms with van der Waals surface area (Å²) in [5.41, 5.74) is 1.76. The molecule has 0 unspecified atom stereocenters. The predicted octanol–water partition coefficient (Wildman–Crippen LogP) is 1.91. The third-order valence-electron chi connectivity index (χ3n) is 4.75. The van der Waals surface area contributed by atoms with Gasteiger partial charge in [-0.3, -0.25) is 14.3 Å². The molecule has 0 aliphatic heterocycles. The van der Waals surface area contributed by atoms with Crippen LogP contribution in [0.15, 0.2) is 50.9 Å². The number of rotatable bonds is 4. The molecular weight excluding hydrogens is 366 g/mol.